The summed E-state index contributed by atoms with van der Waals surface area (Å²) in [4.78, 5) is 53.4. The monoisotopic (exact) mass is 769 g/mol. The van der Waals surface area contributed by atoms with E-state index in [1.54, 1.807) is 13.0 Å². The third-order valence-corrected chi connectivity index (χ3v) is 12.0. The van der Waals surface area contributed by atoms with Gasteiger partial charge in [-0.3, -0.25) is 19.7 Å². The Balaban J connectivity index is 0.807. The number of carbonyl (C=O) groups excluding carboxylic acids is 3. The Morgan fingerprint density at radius 3 is 2.60 bits per heavy atom. The maximum absolute atomic E-state index is 16.0. The first-order valence-corrected chi connectivity index (χ1v) is 19.7. The van der Waals surface area contributed by atoms with Crippen LogP contribution in [0.2, 0.25) is 0 Å². The first-order valence-electron chi connectivity index (χ1n) is 19.7. The summed E-state index contributed by atoms with van der Waals surface area (Å²) >= 11 is 0. The summed E-state index contributed by atoms with van der Waals surface area (Å²) < 4.78 is 21.2. The van der Waals surface area contributed by atoms with Gasteiger partial charge in [-0.2, -0.15) is 4.98 Å². The molecule has 5 N–H and O–H groups in total. The second-order valence-electron chi connectivity index (χ2n) is 16.1. The summed E-state index contributed by atoms with van der Waals surface area (Å²) in [6.45, 7) is 7.26. The van der Waals surface area contributed by atoms with Crippen LogP contribution in [0.3, 0.4) is 0 Å². The molecule has 2 aliphatic carbocycles. The van der Waals surface area contributed by atoms with Gasteiger partial charge in [0.1, 0.15) is 17.8 Å². The number of benzene rings is 3. The van der Waals surface area contributed by atoms with Gasteiger partial charge in [-0.15, -0.1) is 0 Å². The molecule has 3 aliphatic rings. The van der Waals surface area contributed by atoms with Crippen molar-refractivity contribution in [2.45, 2.75) is 88.6 Å². The third kappa shape index (κ3) is 7.14. The molecule has 3 fully saturated rings. The molecule has 6 aromatic rings. The molecule has 0 radical (unpaired) electrons. The maximum Gasteiger partial charge on any atom is 0.315 e. The number of halogens is 1. The Morgan fingerprint density at radius 2 is 1.82 bits per heavy atom. The number of imide groups is 1. The fourth-order valence-corrected chi connectivity index (χ4v) is 8.25. The number of nitrogens with zero attached hydrogens (tertiary/aromatic N) is 4. The predicted octanol–water partition coefficient (Wildman–Crippen LogP) is 6.62. The average Bonchev–Trinajstić information content (AvgIpc) is 3.55. The van der Waals surface area contributed by atoms with Crippen LogP contribution in [0.4, 0.5) is 10.1 Å². The van der Waals surface area contributed by atoms with Crippen LogP contribution in [0.25, 0.3) is 33.2 Å². The zero-order chi connectivity index (χ0) is 39.4. The fraction of sp³-hybridized carbons (Fsp3) is 0.372. The normalized spacial score (nSPS) is 20.6. The number of aromatic nitrogens is 5. The van der Waals surface area contributed by atoms with Gasteiger partial charge in [0.25, 0.3) is 0 Å². The van der Waals surface area contributed by atoms with Gasteiger partial charge in [0.15, 0.2) is 5.82 Å². The molecular weight excluding hydrogens is 726 g/mol. The van der Waals surface area contributed by atoms with Crippen molar-refractivity contribution in [2.75, 3.05) is 18.4 Å². The molecule has 2 atom stereocenters. The van der Waals surface area contributed by atoms with Crippen molar-refractivity contribution in [2.24, 2.45) is 0 Å². The lowest BCUT2D eigenvalue weighted by Crippen LogP contribution is -2.42. The number of hydrogen-bond donors (Lipinski definition) is 5. The van der Waals surface area contributed by atoms with E-state index in [4.69, 9.17) is 4.52 Å². The van der Waals surface area contributed by atoms with E-state index < -0.39 is 17.8 Å². The average molecular weight is 770 g/mol. The molecule has 3 aromatic carbocycles. The topological polar surface area (TPSA) is 180 Å². The summed E-state index contributed by atoms with van der Waals surface area (Å²) in [5.74, 6) is -0.690. The number of H-pyrrole nitrogens is 1. The highest BCUT2D eigenvalue weighted by atomic mass is 19.1. The molecule has 4 heterocycles. The number of hydrogen-bond acceptors (Lipinski definition) is 10. The van der Waals surface area contributed by atoms with Gasteiger partial charge in [0.2, 0.25) is 11.8 Å². The van der Waals surface area contributed by atoms with Crippen LogP contribution in [0.1, 0.15) is 109 Å². The van der Waals surface area contributed by atoms with Crippen LogP contribution in [0.15, 0.2) is 65.4 Å². The number of aromatic amines is 1. The molecular formula is C43H44FN9O4. The Hall–Kier alpha value is -6.02. The lowest BCUT2D eigenvalue weighted by molar-refractivity contribution is -0.134. The van der Waals surface area contributed by atoms with E-state index in [2.05, 4.69) is 58.5 Å². The minimum atomic E-state index is -0.517. The third-order valence-electron chi connectivity index (χ3n) is 12.0. The Labute approximate surface area is 328 Å². The van der Waals surface area contributed by atoms with Crippen molar-refractivity contribution < 1.29 is 23.3 Å². The van der Waals surface area contributed by atoms with Gasteiger partial charge < -0.3 is 25.5 Å². The molecule has 57 heavy (non-hydrogen) atoms. The standard InChI is InChI=1S/C43H44FN9O4/c1-22-16-32(33(44)20-31(22)23(2)49-40(56)41-52-42(53-57-41)43(3)12-13-43)37-36-30-9-8-27(19-34(30)50-38(36)48-21-47-37)45-14-15-46-28-17-26(18-28)24-4-6-25(7-5-24)29-10-11-35(54)51-39(29)55/h4-9,16,19-21,23,26,28-29,45-46H,10-15,17-18H2,1-3H3,(H,49,56)(H,47,48,50)(H,51,54,55)/t23-,26?,28?,29+/m1/s1. The zero-order valence-electron chi connectivity index (χ0n) is 32.0. The summed E-state index contributed by atoms with van der Waals surface area (Å²) in [6, 6.07) is 17.5. The summed E-state index contributed by atoms with van der Waals surface area (Å²) in [7, 11) is 0. The van der Waals surface area contributed by atoms with Crippen LogP contribution >= 0.6 is 0 Å². The van der Waals surface area contributed by atoms with Gasteiger partial charge >= 0.3 is 11.8 Å². The van der Waals surface area contributed by atoms with Crippen molar-refractivity contribution >= 4 is 45.3 Å². The number of carbonyl (C=O) groups is 3. The molecule has 14 heteroatoms. The van der Waals surface area contributed by atoms with Crippen LogP contribution in [0, 0.1) is 12.7 Å². The van der Waals surface area contributed by atoms with Crippen molar-refractivity contribution in [3.05, 3.63) is 101 Å². The van der Waals surface area contributed by atoms with Crippen LogP contribution in [0.5, 0.6) is 0 Å². The Kier molecular flexibility index (Phi) is 9.30. The molecule has 1 aliphatic heterocycles. The second kappa shape index (κ2) is 14.5. The van der Waals surface area contributed by atoms with Crippen molar-refractivity contribution in [1.29, 1.82) is 0 Å². The minimum Gasteiger partial charge on any atom is -0.384 e. The highest BCUT2D eigenvalue weighted by molar-refractivity contribution is 6.12. The lowest BCUT2D eigenvalue weighted by Gasteiger charge is -2.36. The molecule has 0 bridgehead atoms. The first kappa shape index (κ1) is 36.6. The fourth-order valence-electron chi connectivity index (χ4n) is 8.25. The van der Waals surface area contributed by atoms with E-state index in [9.17, 15) is 14.4 Å². The van der Waals surface area contributed by atoms with Crippen LogP contribution in [-0.4, -0.2) is 61.9 Å². The van der Waals surface area contributed by atoms with Gasteiger partial charge in [-0.25, -0.2) is 14.4 Å². The molecule has 13 nitrogen and oxygen atoms in total. The largest absolute Gasteiger partial charge is 0.384 e. The zero-order valence-corrected chi connectivity index (χ0v) is 32.0. The second-order valence-corrected chi connectivity index (χ2v) is 16.1. The predicted molar refractivity (Wildman–Crippen MR) is 212 cm³/mol. The van der Waals surface area contributed by atoms with E-state index in [-0.39, 0.29) is 29.0 Å². The van der Waals surface area contributed by atoms with Crippen LogP contribution < -0.4 is 21.3 Å². The number of anilines is 1. The quantitative estimate of drug-likeness (QED) is 0.0671. The molecule has 0 spiro atoms. The van der Waals surface area contributed by atoms with E-state index in [1.165, 1.54) is 18.0 Å². The number of rotatable bonds is 12. The summed E-state index contributed by atoms with van der Waals surface area (Å²) in [6.07, 6.45) is 6.42. The molecule has 3 amide bonds. The number of fused-ring (bicyclic) bond motifs is 3. The van der Waals surface area contributed by atoms with E-state index in [1.807, 2.05) is 44.2 Å². The molecule has 1 saturated heterocycles. The van der Waals surface area contributed by atoms with Gasteiger partial charge in [0, 0.05) is 53.1 Å². The minimum absolute atomic E-state index is 0.102. The number of aryl methyl sites for hydroxylation is 1. The summed E-state index contributed by atoms with van der Waals surface area (Å²) in [5, 5.41) is 18.1. The highest BCUT2D eigenvalue weighted by Crippen LogP contribution is 2.46. The SMILES string of the molecule is Cc1cc(-c2ncnc3[nH]c4cc(NCCNC5CC(c6ccc([C@@H]7CCC(=O)NC7=O)cc6)C5)ccc4c23)c(F)cc1[C@@H](C)NC(=O)c1nc(C2(C)CC2)no1. The number of piperidine rings is 1. The van der Waals surface area contributed by atoms with Gasteiger partial charge in [-0.1, -0.05) is 42.4 Å². The van der Waals surface area contributed by atoms with E-state index >= 15 is 4.39 Å². The van der Waals surface area contributed by atoms with Crippen molar-refractivity contribution in [3.63, 3.8) is 0 Å². The Morgan fingerprint density at radius 1 is 1.04 bits per heavy atom. The van der Waals surface area contributed by atoms with Crippen molar-refractivity contribution in [1.82, 2.24) is 41.0 Å². The highest BCUT2D eigenvalue weighted by Gasteiger charge is 2.44. The number of nitrogens with one attached hydrogen (secondary N) is 5. The molecule has 3 aromatic heterocycles. The smallest absolute Gasteiger partial charge is 0.315 e. The van der Waals surface area contributed by atoms with Crippen molar-refractivity contribution in [3.8, 4) is 11.3 Å². The maximum atomic E-state index is 16.0. The van der Waals surface area contributed by atoms with Crippen LogP contribution in [-0.2, 0) is 15.0 Å². The van der Waals surface area contributed by atoms with E-state index in [0.717, 1.165) is 71.9 Å². The molecule has 2 saturated carbocycles. The lowest BCUT2D eigenvalue weighted by atomic mass is 9.75. The van der Waals surface area contributed by atoms with E-state index in [0.29, 0.717) is 53.1 Å². The first-order chi connectivity index (χ1) is 27.5. The number of amides is 3. The molecule has 292 valence electrons. The molecule has 9 rings (SSSR count). The molecule has 0 unspecified atom stereocenters. The summed E-state index contributed by atoms with van der Waals surface area (Å²) in [5.41, 5.74) is 6.80. The Bertz CT molecular complexity index is 2540. The van der Waals surface area contributed by atoms with Gasteiger partial charge in [0.05, 0.1) is 23.0 Å². The van der Waals surface area contributed by atoms with Gasteiger partial charge in [-0.05, 0) is 98.4 Å².